The Labute approximate surface area is 145 Å². The molecule has 1 aromatic carbocycles. The van der Waals surface area contributed by atoms with Gasteiger partial charge in [-0.05, 0) is 44.2 Å². The maximum atomic E-state index is 5.91. The lowest BCUT2D eigenvalue weighted by atomic mass is 10.0. The third kappa shape index (κ3) is 2.85. The fourth-order valence-corrected chi connectivity index (χ4v) is 3.08. The summed E-state index contributed by atoms with van der Waals surface area (Å²) in [6.45, 7) is 5.62. The molecule has 2 aromatic heterocycles. The lowest BCUT2D eigenvalue weighted by Gasteiger charge is -2.22. The number of aryl methyl sites for hydroxylation is 1. The number of nitrogens with zero attached hydrogens (tertiary/aromatic N) is 4. The van der Waals surface area contributed by atoms with Gasteiger partial charge in [-0.15, -0.1) is 10.2 Å². The van der Waals surface area contributed by atoms with Crippen LogP contribution in [0.5, 0.6) is 0 Å². The van der Waals surface area contributed by atoms with Crippen LogP contribution in [0.1, 0.15) is 24.9 Å². The Morgan fingerprint density at radius 3 is 2.68 bits per heavy atom. The summed E-state index contributed by atoms with van der Waals surface area (Å²) >= 11 is 0. The van der Waals surface area contributed by atoms with Gasteiger partial charge in [-0.2, -0.15) is 5.10 Å². The number of benzene rings is 1. The molecular weight excluding hydrogens is 320 g/mol. The van der Waals surface area contributed by atoms with E-state index in [0.29, 0.717) is 31.6 Å². The van der Waals surface area contributed by atoms with Crippen molar-refractivity contribution in [2.24, 2.45) is 0 Å². The Kier molecular flexibility index (Phi) is 4.10. The molecule has 4 rings (SSSR count). The third-order valence-corrected chi connectivity index (χ3v) is 4.41. The highest BCUT2D eigenvalue weighted by Crippen LogP contribution is 2.35. The molecule has 7 nitrogen and oxygen atoms in total. The quantitative estimate of drug-likeness (QED) is 0.711. The largest absolute Gasteiger partial charge is 0.417 e. The molecule has 1 saturated heterocycles. The van der Waals surface area contributed by atoms with Crippen LogP contribution < -0.4 is 0 Å². The molecule has 1 aliphatic heterocycles. The van der Waals surface area contributed by atoms with E-state index in [-0.39, 0.29) is 0 Å². The van der Waals surface area contributed by atoms with Crippen molar-refractivity contribution in [2.75, 3.05) is 19.8 Å². The average molecular weight is 340 g/mol. The maximum Gasteiger partial charge on any atom is 0.251 e. The van der Waals surface area contributed by atoms with Crippen LogP contribution >= 0.6 is 0 Å². The standard InChI is InChI=1S/C18H20N4O3/c1-3-24-18(9-11-23-12-18)17-21-20-16(25-17)14-4-6-15(7-5-14)22-13(2)8-10-19-22/h4-8,10H,3,9,11-12H2,1-2H3. The zero-order chi connectivity index (χ0) is 17.3. The average Bonchev–Trinajstić information content (AvgIpc) is 3.36. The Hall–Kier alpha value is -2.51. The molecule has 0 radical (unpaired) electrons. The van der Waals surface area contributed by atoms with Gasteiger partial charge in [0, 0.05) is 30.5 Å². The van der Waals surface area contributed by atoms with E-state index in [9.17, 15) is 0 Å². The van der Waals surface area contributed by atoms with E-state index in [1.807, 2.05) is 48.9 Å². The summed E-state index contributed by atoms with van der Waals surface area (Å²) in [5, 5.41) is 12.7. The van der Waals surface area contributed by atoms with Gasteiger partial charge in [0.1, 0.15) is 0 Å². The summed E-state index contributed by atoms with van der Waals surface area (Å²) in [7, 11) is 0. The normalized spacial score (nSPS) is 20.2. The smallest absolute Gasteiger partial charge is 0.251 e. The van der Waals surface area contributed by atoms with Gasteiger partial charge in [-0.3, -0.25) is 0 Å². The minimum atomic E-state index is -0.619. The second kappa shape index (κ2) is 6.42. The summed E-state index contributed by atoms with van der Waals surface area (Å²) in [6, 6.07) is 9.83. The fraction of sp³-hybridized carbons (Fsp3) is 0.389. The van der Waals surface area contributed by atoms with Crippen LogP contribution in [0.3, 0.4) is 0 Å². The van der Waals surface area contributed by atoms with Gasteiger partial charge < -0.3 is 13.9 Å². The maximum absolute atomic E-state index is 5.91. The number of hydrogen-bond donors (Lipinski definition) is 0. The Morgan fingerprint density at radius 2 is 2.04 bits per heavy atom. The van der Waals surface area contributed by atoms with E-state index in [4.69, 9.17) is 13.9 Å². The monoisotopic (exact) mass is 340 g/mol. The molecule has 130 valence electrons. The van der Waals surface area contributed by atoms with Crippen LogP contribution in [-0.2, 0) is 15.1 Å². The highest BCUT2D eigenvalue weighted by Gasteiger charge is 2.42. The van der Waals surface area contributed by atoms with Gasteiger partial charge in [0.15, 0.2) is 5.60 Å². The van der Waals surface area contributed by atoms with Crippen molar-refractivity contribution >= 4 is 0 Å². The zero-order valence-electron chi connectivity index (χ0n) is 14.3. The van der Waals surface area contributed by atoms with Crippen LogP contribution in [0.2, 0.25) is 0 Å². The van der Waals surface area contributed by atoms with Gasteiger partial charge in [0.05, 0.1) is 18.9 Å². The van der Waals surface area contributed by atoms with Crippen LogP contribution in [-0.4, -0.2) is 39.8 Å². The van der Waals surface area contributed by atoms with Crippen molar-refractivity contribution in [1.29, 1.82) is 0 Å². The van der Waals surface area contributed by atoms with Crippen molar-refractivity contribution < 1.29 is 13.9 Å². The Bertz CT molecular complexity index is 847. The molecule has 7 heteroatoms. The molecule has 1 atom stereocenters. The lowest BCUT2D eigenvalue weighted by Crippen LogP contribution is -2.30. The second-order valence-electron chi connectivity index (χ2n) is 6.07. The number of hydrogen-bond acceptors (Lipinski definition) is 6. The molecule has 3 heterocycles. The second-order valence-corrected chi connectivity index (χ2v) is 6.07. The molecule has 0 saturated carbocycles. The van der Waals surface area contributed by atoms with Crippen molar-refractivity contribution in [3.63, 3.8) is 0 Å². The van der Waals surface area contributed by atoms with Crippen LogP contribution in [0, 0.1) is 6.92 Å². The van der Waals surface area contributed by atoms with Crippen molar-refractivity contribution in [3.05, 3.63) is 48.1 Å². The molecule has 1 aliphatic rings. The van der Waals surface area contributed by atoms with Crippen molar-refractivity contribution in [3.8, 4) is 17.1 Å². The minimum absolute atomic E-state index is 0.444. The molecule has 0 amide bonds. The topological polar surface area (TPSA) is 75.2 Å². The van der Waals surface area contributed by atoms with Gasteiger partial charge in [0.2, 0.25) is 5.89 Å². The van der Waals surface area contributed by atoms with E-state index in [1.165, 1.54) is 0 Å². The van der Waals surface area contributed by atoms with E-state index in [2.05, 4.69) is 15.3 Å². The molecule has 0 aliphatic carbocycles. The first kappa shape index (κ1) is 16.0. The molecule has 0 bridgehead atoms. The first-order valence-corrected chi connectivity index (χ1v) is 8.39. The molecule has 1 unspecified atom stereocenters. The van der Waals surface area contributed by atoms with Gasteiger partial charge >= 0.3 is 0 Å². The number of rotatable bonds is 5. The SMILES string of the molecule is CCOC1(c2nnc(-c3ccc(-n4nccc4C)cc3)o2)CCOC1. The predicted molar refractivity (Wildman–Crippen MR) is 90.3 cm³/mol. The summed E-state index contributed by atoms with van der Waals surface area (Å²) in [5.41, 5.74) is 2.30. The van der Waals surface area contributed by atoms with E-state index in [0.717, 1.165) is 23.4 Å². The van der Waals surface area contributed by atoms with Gasteiger partial charge in [-0.1, -0.05) is 0 Å². The highest BCUT2D eigenvalue weighted by atomic mass is 16.6. The van der Waals surface area contributed by atoms with Crippen molar-refractivity contribution in [1.82, 2.24) is 20.0 Å². The summed E-state index contributed by atoms with van der Waals surface area (Å²) < 4.78 is 19.2. The summed E-state index contributed by atoms with van der Waals surface area (Å²) in [5.74, 6) is 0.957. The van der Waals surface area contributed by atoms with Gasteiger partial charge in [-0.25, -0.2) is 4.68 Å². The van der Waals surface area contributed by atoms with E-state index < -0.39 is 5.60 Å². The molecule has 1 fully saturated rings. The first-order chi connectivity index (χ1) is 12.2. The Balaban J connectivity index is 1.61. The predicted octanol–water partition coefficient (Wildman–Crippen LogP) is 2.88. The van der Waals surface area contributed by atoms with Crippen LogP contribution in [0.4, 0.5) is 0 Å². The van der Waals surface area contributed by atoms with Crippen LogP contribution in [0.25, 0.3) is 17.1 Å². The van der Waals surface area contributed by atoms with E-state index >= 15 is 0 Å². The van der Waals surface area contributed by atoms with Crippen molar-refractivity contribution in [2.45, 2.75) is 25.9 Å². The third-order valence-electron chi connectivity index (χ3n) is 4.41. The first-order valence-electron chi connectivity index (χ1n) is 8.39. The van der Waals surface area contributed by atoms with Gasteiger partial charge in [0.25, 0.3) is 5.89 Å². The fourth-order valence-electron chi connectivity index (χ4n) is 3.08. The molecule has 0 spiro atoms. The summed E-state index contributed by atoms with van der Waals surface area (Å²) in [4.78, 5) is 0. The summed E-state index contributed by atoms with van der Waals surface area (Å²) in [6.07, 6.45) is 2.50. The molecule has 25 heavy (non-hydrogen) atoms. The zero-order valence-corrected chi connectivity index (χ0v) is 14.3. The Morgan fingerprint density at radius 1 is 1.20 bits per heavy atom. The minimum Gasteiger partial charge on any atom is -0.417 e. The van der Waals surface area contributed by atoms with E-state index in [1.54, 1.807) is 6.20 Å². The number of aromatic nitrogens is 4. The molecular formula is C18H20N4O3. The molecule has 3 aromatic rings. The van der Waals surface area contributed by atoms with Crippen LogP contribution in [0.15, 0.2) is 40.9 Å². The highest BCUT2D eigenvalue weighted by molar-refractivity contribution is 5.55. The molecule has 0 N–H and O–H groups in total. The lowest BCUT2D eigenvalue weighted by molar-refractivity contribution is -0.0657. The number of ether oxygens (including phenoxy) is 2.